The Hall–Kier alpha value is -1.72. The molecule has 0 radical (unpaired) electrons. The zero-order valence-electron chi connectivity index (χ0n) is 12.5. The van der Waals surface area contributed by atoms with Crippen molar-refractivity contribution >= 4 is 21.4 Å². The van der Waals surface area contributed by atoms with Gasteiger partial charge in [-0.1, -0.05) is 23.4 Å². The summed E-state index contributed by atoms with van der Waals surface area (Å²) >= 11 is 1.87. The van der Waals surface area contributed by atoms with Crippen molar-refractivity contribution in [3.8, 4) is 0 Å². The first-order valence-electron chi connectivity index (χ1n) is 7.15. The molecular weight excluding hydrogens is 282 g/mol. The van der Waals surface area contributed by atoms with Crippen molar-refractivity contribution < 1.29 is 4.52 Å². The number of aryl methyl sites for hydroxylation is 2. The maximum atomic E-state index is 5.13. The smallest absolute Gasteiger partial charge is 0.227 e. The average molecular weight is 301 g/mol. The SMILES string of the molecule is Cc1noc(CCNC(C)c2sc3ccccc3c2C)n1. The molecule has 0 amide bonds. The van der Waals surface area contributed by atoms with Gasteiger partial charge in [0.15, 0.2) is 5.82 Å². The topological polar surface area (TPSA) is 51.0 Å². The Labute approximate surface area is 128 Å². The van der Waals surface area contributed by atoms with Crippen LogP contribution in [0, 0.1) is 13.8 Å². The van der Waals surface area contributed by atoms with Crippen molar-refractivity contribution in [3.05, 3.63) is 46.4 Å². The quantitative estimate of drug-likeness (QED) is 0.779. The average Bonchev–Trinajstić information content (AvgIpc) is 3.03. The molecule has 0 saturated heterocycles. The first kappa shape index (κ1) is 14.2. The van der Waals surface area contributed by atoms with Crippen LogP contribution in [0.5, 0.6) is 0 Å². The van der Waals surface area contributed by atoms with E-state index in [1.807, 2.05) is 18.3 Å². The van der Waals surface area contributed by atoms with Crippen molar-refractivity contribution in [2.24, 2.45) is 0 Å². The predicted octanol–water partition coefficient (Wildman–Crippen LogP) is 3.79. The third-order valence-electron chi connectivity index (χ3n) is 3.63. The van der Waals surface area contributed by atoms with E-state index in [-0.39, 0.29) is 0 Å². The molecule has 1 atom stereocenters. The summed E-state index contributed by atoms with van der Waals surface area (Å²) in [5.74, 6) is 1.39. The monoisotopic (exact) mass is 301 g/mol. The highest BCUT2D eigenvalue weighted by atomic mass is 32.1. The van der Waals surface area contributed by atoms with Gasteiger partial charge in [0.05, 0.1) is 0 Å². The van der Waals surface area contributed by atoms with E-state index in [0.29, 0.717) is 17.8 Å². The minimum Gasteiger partial charge on any atom is -0.339 e. The van der Waals surface area contributed by atoms with Crippen molar-refractivity contribution in [3.63, 3.8) is 0 Å². The van der Waals surface area contributed by atoms with E-state index < -0.39 is 0 Å². The maximum Gasteiger partial charge on any atom is 0.227 e. The summed E-state index contributed by atoms with van der Waals surface area (Å²) < 4.78 is 6.48. The van der Waals surface area contributed by atoms with Gasteiger partial charge in [-0.25, -0.2) is 0 Å². The molecule has 0 bridgehead atoms. The molecule has 0 aliphatic rings. The predicted molar refractivity (Wildman–Crippen MR) is 85.7 cm³/mol. The standard InChI is InChI=1S/C16H19N3OS/c1-10-13-6-4-5-7-14(13)21-16(10)11(2)17-9-8-15-18-12(3)19-20-15/h4-7,11,17H,8-9H2,1-3H3. The molecule has 1 unspecified atom stereocenters. The lowest BCUT2D eigenvalue weighted by atomic mass is 10.1. The fourth-order valence-corrected chi connectivity index (χ4v) is 3.77. The zero-order chi connectivity index (χ0) is 14.8. The number of nitrogens with zero attached hydrogens (tertiary/aromatic N) is 2. The van der Waals surface area contributed by atoms with E-state index in [4.69, 9.17) is 4.52 Å². The Kier molecular flexibility index (Phi) is 4.03. The number of benzene rings is 1. The van der Waals surface area contributed by atoms with E-state index in [0.717, 1.165) is 13.0 Å². The van der Waals surface area contributed by atoms with Crippen LogP contribution in [0.4, 0.5) is 0 Å². The van der Waals surface area contributed by atoms with Crippen LogP contribution in [0.3, 0.4) is 0 Å². The number of nitrogens with one attached hydrogen (secondary N) is 1. The summed E-state index contributed by atoms with van der Waals surface area (Å²) in [7, 11) is 0. The van der Waals surface area contributed by atoms with Gasteiger partial charge in [-0.05, 0) is 37.8 Å². The van der Waals surface area contributed by atoms with E-state index >= 15 is 0 Å². The Morgan fingerprint density at radius 1 is 1.29 bits per heavy atom. The van der Waals surface area contributed by atoms with Crippen molar-refractivity contribution in [2.75, 3.05) is 6.54 Å². The molecule has 3 aromatic rings. The number of rotatable bonds is 5. The first-order chi connectivity index (χ1) is 10.1. The largest absolute Gasteiger partial charge is 0.339 e. The van der Waals surface area contributed by atoms with Gasteiger partial charge in [0, 0.05) is 28.6 Å². The van der Waals surface area contributed by atoms with Gasteiger partial charge in [0.2, 0.25) is 5.89 Å². The molecule has 0 fully saturated rings. The molecule has 5 heteroatoms. The molecule has 0 spiro atoms. The van der Waals surface area contributed by atoms with Gasteiger partial charge in [0.1, 0.15) is 0 Å². The van der Waals surface area contributed by atoms with Crippen LogP contribution in [-0.4, -0.2) is 16.7 Å². The number of hydrogen-bond acceptors (Lipinski definition) is 5. The second-order valence-corrected chi connectivity index (χ2v) is 6.33. The van der Waals surface area contributed by atoms with Crippen molar-refractivity contribution in [1.82, 2.24) is 15.5 Å². The number of aromatic nitrogens is 2. The van der Waals surface area contributed by atoms with Gasteiger partial charge in [0.25, 0.3) is 0 Å². The van der Waals surface area contributed by atoms with Crippen LogP contribution in [0.1, 0.15) is 35.1 Å². The molecular formula is C16H19N3OS. The summed E-state index contributed by atoms with van der Waals surface area (Å²) in [6, 6.07) is 8.90. The number of fused-ring (bicyclic) bond motifs is 1. The van der Waals surface area contributed by atoms with Gasteiger partial charge < -0.3 is 9.84 Å². The first-order valence-corrected chi connectivity index (χ1v) is 7.97. The van der Waals surface area contributed by atoms with Gasteiger partial charge in [-0.3, -0.25) is 0 Å². The Balaban J connectivity index is 1.66. The van der Waals surface area contributed by atoms with Crippen LogP contribution in [-0.2, 0) is 6.42 Å². The molecule has 110 valence electrons. The molecule has 1 N–H and O–H groups in total. The molecule has 0 aliphatic heterocycles. The molecule has 1 aromatic carbocycles. The maximum absolute atomic E-state index is 5.13. The Bertz CT molecular complexity index is 747. The van der Waals surface area contributed by atoms with Gasteiger partial charge >= 0.3 is 0 Å². The second-order valence-electron chi connectivity index (χ2n) is 5.25. The highest BCUT2D eigenvalue weighted by Gasteiger charge is 2.14. The van der Waals surface area contributed by atoms with Crippen LogP contribution >= 0.6 is 11.3 Å². The minimum atomic E-state index is 0.325. The van der Waals surface area contributed by atoms with E-state index in [1.165, 1.54) is 20.5 Å². The van der Waals surface area contributed by atoms with Crippen molar-refractivity contribution in [2.45, 2.75) is 33.2 Å². The lowest BCUT2D eigenvalue weighted by molar-refractivity contribution is 0.370. The molecule has 4 nitrogen and oxygen atoms in total. The minimum absolute atomic E-state index is 0.325. The van der Waals surface area contributed by atoms with Crippen LogP contribution < -0.4 is 5.32 Å². The highest BCUT2D eigenvalue weighted by Crippen LogP contribution is 2.34. The normalized spacial score (nSPS) is 12.9. The van der Waals surface area contributed by atoms with Crippen LogP contribution in [0.2, 0.25) is 0 Å². The summed E-state index contributed by atoms with van der Waals surface area (Å²) in [6.07, 6.45) is 0.759. The molecule has 0 saturated carbocycles. The van der Waals surface area contributed by atoms with E-state index in [1.54, 1.807) is 0 Å². The highest BCUT2D eigenvalue weighted by molar-refractivity contribution is 7.19. The molecule has 21 heavy (non-hydrogen) atoms. The molecule has 2 aromatic heterocycles. The molecule has 3 rings (SSSR count). The van der Waals surface area contributed by atoms with Gasteiger partial charge in [-0.2, -0.15) is 4.98 Å². The number of thiophene rings is 1. The third-order valence-corrected chi connectivity index (χ3v) is 5.09. The molecule has 0 aliphatic carbocycles. The van der Waals surface area contributed by atoms with Gasteiger partial charge in [-0.15, -0.1) is 11.3 Å². The van der Waals surface area contributed by atoms with Crippen LogP contribution in [0.25, 0.3) is 10.1 Å². The summed E-state index contributed by atoms with van der Waals surface area (Å²) in [6.45, 7) is 7.07. The Morgan fingerprint density at radius 3 is 2.81 bits per heavy atom. The van der Waals surface area contributed by atoms with Crippen molar-refractivity contribution in [1.29, 1.82) is 0 Å². The molecule has 2 heterocycles. The number of hydrogen-bond donors (Lipinski definition) is 1. The van der Waals surface area contributed by atoms with Crippen LogP contribution in [0.15, 0.2) is 28.8 Å². The lowest BCUT2D eigenvalue weighted by Gasteiger charge is -2.12. The summed E-state index contributed by atoms with van der Waals surface area (Å²) in [5.41, 5.74) is 1.38. The Morgan fingerprint density at radius 2 is 2.10 bits per heavy atom. The summed E-state index contributed by atoms with van der Waals surface area (Å²) in [5, 5.41) is 8.70. The third kappa shape index (κ3) is 2.99. The zero-order valence-corrected chi connectivity index (χ0v) is 13.3. The van der Waals surface area contributed by atoms with E-state index in [9.17, 15) is 0 Å². The lowest BCUT2D eigenvalue weighted by Crippen LogP contribution is -2.21. The fraction of sp³-hybridized carbons (Fsp3) is 0.375. The summed E-state index contributed by atoms with van der Waals surface area (Å²) in [4.78, 5) is 5.62. The second kappa shape index (κ2) is 5.95. The van der Waals surface area contributed by atoms with E-state index in [2.05, 4.69) is 53.6 Å². The fourth-order valence-electron chi connectivity index (χ4n) is 2.54.